The number of nitrogens with one attached hydrogen (secondary N) is 1. The molecule has 1 fully saturated rings. The maximum atomic E-state index is 5.41. The monoisotopic (exact) mass is 268 g/mol. The highest BCUT2D eigenvalue weighted by atomic mass is 32.2. The van der Waals surface area contributed by atoms with Gasteiger partial charge in [-0.05, 0) is 29.9 Å². The highest BCUT2D eigenvalue weighted by molar-refractivity contribution is 7.99. The lowest BCUT2D eigenvalue weighted by molar-refractivity contribution is 0.144. The molecule has 0 amide bonds. The van der Waals surface area contributed by atoms with E-state index in [9.17, 15) is 0 Å². The fourth-order valence-corrected chi connectivity index (χ4v) is 3.09. The number of rotatable bonds is 7. The van der Waals surface area contributed by atoms with E-state index in [0.717, 1.165) is 18.2 Å². The van der Waals surface area contributed by atoms with Crippen molar-refractivity contribution in [1.82, 2.24) is 4.98 Å². The summed E-state index contributed by atoms with van der Waals surface area (Å²) in [4.78, 5) is 4.25. The summed E-state index contributed by atoms with van der Waals surface area (Å²) >= 11 is 2.04. The van der Waals surface area contributed by atoms with Gasteiger partial charge < -0.3 is 14.8 Å². The Hall–Kier alpha value is -0.940. The fourth-order valence-electron chi connectivity index (χ4n) is 1.81. The van der Waals surface area contributed by atoms with Crippen molar-refractivity contribution in [3.63, 3.8) is 0 Å². The molecular weight excluding hydrogens is 248 g/mol. The van der Waals surface area contributed by atoms with Crippen molar-refractivity contribution >= 4 is 17.4 Å². The van der Waals surface area contributed by atoms with Crippen molar-refractivity contribution < 1.29 is 9.47 Å². The van der Waals surface area contributed by atoms with Crippen LogP contribution in [-0.2, 0) is 4.74 Å². The molecule has 0 spiro atoms. The van der Waals surface area contributed by atoms with Gasteiger partial charge in [0.2, 0.25) is 5.88 Å². The molecule has 0 radical (unpaired) electrons. The molecule has 1 atom stereocenters. The van der Waals surface area contributed by atoms with E-state index in [1.54, 1.807) is 7.11 Å². The second kappa shape index (κ2) is 7.48. The van der Waals surface area contributed by atoms with Gasteiger partial charge in [-0.15, -0.1) is 0 Å². The van der Waals surface area contributed by atoms with Gasteiger partial charge in [-0.1, -0.05) is 0 Å². The summed E-state index contributed by atoms with van der Waals surface area (Å²) < 4.78 is 10.3. The average molecular weight is 268 g/mol. The predicted octanol–water partition coefficient (Wildman–Crippen LogP) is 2.27. The van der Waals surface area contributed by atoms with E-state index >= 15 is 0 Å². The van der Waals surface area contributed by atoms with Crippen molar-refractivity contribution in [3.8, 4) is 5.88 Å². The Balaban J connectivity index is 1.72. The van der Waals surface area contributed by atoms with Gasteiger partial charge in [0.25, 0.3) is 0 Å². The van der Waals surface area contributed by atoms with Crippen LogP contribution >= 0.6 is 11.8 Å². The molecule has 1 aliphatic rings. The first-order valence-electron chi connectivity index (χ1n) is 6.28. The summed E-state index contributed by atoms with van der Waals surface area (Å²) in [6.07, 6.45) is 3.15. The molecule has 1 aromatic heterocycles. The quantitative estimate of drug-likeness (QED) is 0.769. The number of hydrogen-bond donors (Lipinski definition) is 1. The first-order valence-corrected chi connectivity index (χ1v) is 7.43. The molecule has 2 rings (SSSR count). The third-order valence-electron chi connectivity index (χ3n) is 2.89. The first-order chi connectivity index (χ1) is 8.88. The van der Waals surface area contributed by atoms with Crippen molar-refractivity contribution in [2.45, 2.75) is 6.42 Å². The molecule has 5 heteroatoms. The standard InChI is InChI=1S/C13H20N2O2S/c1-16-5-6-17-13-3-2-12(9-15-13)14-8-11-4-7-18-10-11/h2-3,9,11,14H,4-8,10H2,1H3. The average Bonchev–Trinajstić information content (AvgIpc) is 2.91. The van der Waals surface area contributed by atoms with Crippen LogP contribution in [0.5, 0.6) is 5.88 Å². The molecular formula is C13H20N2O2S. The van der Waals surface area contributed by atoms with Gasteiger partial charge in [0.1, 0.15) is 6.61 Å². The molecule has 0 bridgehead atoms. The molecule has 1 N–H and O–H groups in total. The molecule has 1 unspecified atom stereocenters. The second-order valence-corrected chi connectivity index (χ2v) is 5.49. The number of aromatic nitrogens is 1. The minimum absolute atomic E-state index is 0.537. The smallest absolute Gasteiger partial charge is 0.213 e. The van der Waals surface area contributed by atoms with E-state index in [4.69, 9.17) is 9.47 Å². The number of hydrogen-bond acceptors (Lipinski definition) is 5. The van der Waals surface area contributed by atoms with Crippen LogP contribution in [0.3, 0.4) is 0 Å². The number of anilines is 1. The topological polar surface area (TPSA) is 43.4 Å². The summed E-state index contributed by atoms with van der Waals surface area (Å²) in [6, 6.07) is 3.90. The van der Waals surface area contributed by atoms with Gasteiger partial charge in [0, 0.05) is 19.7 Å². The van der Waals surface area contributed by atoms with Crippen LogP contribution in [0.4, 0.5) is 5.69 Å². The third-order valence-corrected chi connectivity index (χ3v) is 4.12. The van der Waals surface area contributed by atoms with Crippen molar-refractivity contribution in [1.29, 1.82) is 0 Å². The van der Waals surface area contributed by atoms with Crippen LogP contribution in [0.15, 0.2) is 18.3 Å². The van der Waals surface area contributed by atoms with Crippen LogP contribution < -0.4 is 10.1 Å². The zero-order chi connectivity index (χ0) is 12.6. The summed E-state index contributed by atoms with van der Waals surface area (Å²) in [7, 11) is 1.66. The Bertz CT molecular complexity index is 339. The highest BCUT2D eigenvalue weighted by Crippen LogP contribution is 2.23. The SMILES string of the molecule is COCCOc1ccc(NCC2CCSC2)cn1. The van der Waals surface area contributed by atoms with Gasteiger partial charge in [-0.3, -0.25) is 0 Å². The predicted molar refractivity (Wildman–Crippen MR) is 75.5 cm³/mol. The molecule has 0 aromatic carbocycles. The van der Waals surface area contributed by atoms with Crippen LogP contribution in [-0.4, -0.2) is 43.4 Å². The maximum absolute atomic E-state index is 5.41. The molecule has 2 heterocycles. The first kappa shape index (κ1) is 13.5. The number of pyridine rings is 1. The second-order valence-electron chi connectivity index (χ2n) is 4.34. The number of thioether (sulfide) groups is 1. The van der Waals surface area contributed by atoms with E-state index in [-0.39, 0.29) is 0 Å². The lowest BCUT2D eigenvalue weighted by atomic mass is 10.1. The van der Waals surface area contributed by atoms with Gasteiger partial charge in [-0.2, -0.15) is 11.8 Å². The van der Waals surface area contributed by atoms with E-state index < -0.39 is 0 Å². The Morgan fingerprint density at radius 1 is 1.44 bits per heavy atom. The molecule has 0 aliphatic carbocycles. The molecule has 1 aromatic rings. The molecule has 18 heavy (non-hydrogen) atoms. The summed E-state index contributed by atoms with van der Waals surface area (Å²) in [5.41, 5.74) is 1.06. The number of methoxy groups -OCH3 is 1. The maximum Gasteiger partial charge on any atom is 0.213 e. The van der Waals surface area contributed by atoms with Crippen LogP contribution in [0.2, 0.25) is 0 Å². The minimum Gasteiger partial charge on any atom is -0.475 e. The summed E-state index contributed by atoms with van der Waals surface area (Å²) in [5.74, 6) is 4.02. The molecule has 1 aliphatic heterocycles. The van der Waals surface area contributed by atoms with Gasteiger partial charge in [0.15, 0.2) is 0 Å². The van der Waals surface area contributed by atoms with Crippen LogP contribution in [0.1, 0.15) is 6.42 Å². The van der Waals surface area contributed by atoms with Gasteiger partial charge in [-0.25, -0.2) is 4.98 Å². The largest absolute Gasteiger partial charge is 0.475 e. The molecule has 1 saturated heterocycles. The Morgan fingerprint density at radius 2 is 2.39 bits per heavy atom. The van der Waals surface area contributed by atoms with Crippen molar-refractivity contribution in [3.05, 3.63) is 18.3 Å². The molecule has 4 nitrogen and oxygen atoms in total. The van der Waals surface area contributed by atoms with Crippen LogP contribution in [0, 0.1) is 5.92 Å². The van der Waals surface area contributed by atoms with E-state index in [2.05, 4.69) is 10.3 Å². The Kier molecular flexibility index (Phi) is 5.61. The van der Waals surface area contributed by atoms with Gasteiger partial charge >= 0.3 is 0 Å². The minimum atomic E-state index is 0.537. The highest BCUT2D eigenvalue weighted by Gasteiger charge is 2.14. The van der Waals surface area contributed by atoms with E-state index in [1.165, 1.54) is 17.9 Å². The zero-order valence-electron chi connectivity index (χ0n) is 10.7. The van der Waals surface area contributed by atoms with Crippen molar-refractivity contribution in [2.75, 3.05) is 43.7 Å². The Labute approximate surface area is 112 Å². The normalized spacial score (nSPS) is 18.8. The molecule has 100 valence electrons. The van der Waals surface area contributed by atoms with Gasteiger partial charge in [0.05, 0.1) is 18.5 Å². The lowest BCUT2D eigenvalue weighted by Crippen LogP contribution is -2.13. The van der Waals surface area contributed by atoms with Crippen LogP contribution in [0.25, 0.3) is 0 Å². The number of nitrogens with zero attached hydrogens (tertiary/aromatic N) is 1. The number of ether oxygens (including phenoxy) is 2. The summed E-state index contributed by atoms with van der Waals surface area (Å²) in [6.45, 7) is 2.16. The third kappa shape index (κ3) is 4.38. The van der Waals surface area contributed by atoms with E-state index in [1.807, 2.05) is 30.1 Å². The fraction of sp³-hybridized carbons (Fsp3) is 0.615. The molecule has 0 saturated carbocycles. The van der Waals surface area contributed by atoms with Crippen molar-refractivity contribution in [2.24, 2.45) is 5.92 Å². The van der Waals surface area contributed by atoms with E-state index in [0.29, 0.717) is 19.1 Å². The zero-order valence-corrected chi connectivity index (χ0v) is 11.5. The lowest BCUT2D eigenvalue weighted by Gasteiger charge is -2.11. The summed E-state index contributed by atoms with van der Waals surface area (Å²) in [5, 5.41) is 3.42. The Morgan fingerprint density at radius 3 is 3.06 bits per heavy atom.